The van der Waals surface area contributed by atoms with Crippen molar-refractivity contribution < 1.29 is 14.3 Å². The summed E-state index contributed by atoms with van der Waals surface area (Å²) in [5.41, 5.74) is 0.725. The van der Waals surface area contributed by atoms with E-state index in [0.29, 0.717) is 5.75 Å². The molecule has 0 radical (unpaired) electrons. The average molecular weight is 405 g/mol. The number of para-hydroxylation sites is 1. The van der Waals surface area contributed by atoms with Crippen molar-refractivity contribution in [3.8, 4) is 11.5 Å². The molecule has 0 aromatic heterocycles. The molecule has 0 bridgehead atoms. The van der Waals surface area contributed by atoms with Gasteiger partial charge in [-0.25, -0.2) is 0 Å². The number of hydrogen-bond donors (Lipinski definition) is 0. The molecule has 142 valence electrons. The maximum absolute atomic E-state index is 12.6. The molecule has 1 aliphatic carbocycles. The van der Waals surface area contributed by atoms with Crippen molar-refractivity contribution in [2.24, 2.45) is 17.3 Å². The molecular formula is C22H22Cl2O3. The molecule has 2 aromatic carbocycles. The van der Waals surface area contributed by atoms with Crippen molar-refractivity contribution in [1.82, 2.24) is 0 Å². The van der Waals surface area contributed by atoms with Gasteiger partial charge in [0, 0.05) is 0 Å². The molecule has 5 heteroatoms. The fourth-order valence-corrected chi connectivity index (χ4v) is 3.73. The standard InChI is InChI=1S/C22H22Cl2O3/c1-3-22(2)18(13-19(23)24)20(22)21(25)26-14-15-8-7-11-17(12-15)27-16-9-5-4-6-10-16/h4-13,18,20H,3,14H2,1-2H3. The predicted molar refractivity (Wildman–Crippen MR) is 108 cm³/mol. The van der Waals surface area contributed by atoms with Gasteiger partial charge in [0.25, 0.3) is 0 Å². The number of esters is 1. The lowest BCUT2D eigenvalue weighted by atomic mass is 10.0. The number of allylic oxidation sites excluding steroid dienone is 1. The Bertz CT molecular complexity index is 830. The molecule has 0 aliphatic heterocycles. The third-order valence-electron chi connectivity index (χ3n) is 5.30. The smallest absolute Gasteiger partial charge is 0.310 e. The summed E-state index contributed by atoms with van der Waals surface area (Å²) < 4.78 is 11.6. The average Bonchev–Trinajstić information content (AvgIpc) is 3.24. The number of benzene rings is 2. The summed E-state index contributed by atoms with van der Waals surface area (Å²) in [6.45, 7) is 4.32. The topological polar surface area (TPSA) is 35.5 Å². The lowest BCUT2D eigenvalue weighted by molar-refractivity contribution is -0.147. The molecule has 3 rings (SSSR count). The Morgan fingerprint density at radius 3 is 2.48 bits per heavy atom. The molecule has 27 heavy (non-hydrogen) atoms. The van der Waals surface area contributed by atoms with E-state index < -0.39 is 0 Å². The van der Waals surface area contributed by atoms with Crippen molar-refractivity contribution >= 4 is 29.2 Å². The second-order valence-electron chi connectivity index (χ2n) is 6.99. The zero-order valence-corrected chi connectivity index (χ0v) is 16.8. The van der Waals surface area contributed by atoms with Crippen LogP contribution in [0.5, 0.6) is 11.5 Å². The quantitative estimate of drug-likeness (QED) is 0.493. The fourth-order valence-electron chi connectivity index (χ4n) is 3.46. The summed E-state index contributed by atoms with van der Waals surface area (Å²) in [7, 11) is 0. The van der Waals surface area contributed by atoms with E-state index in [1.807, 2.05) is 54.6 Å². The first-order chi connectivity index (χ1) is 12.9. The summed E-state index contributed by atoms with van der Waals surface area (Å²) in [5.74, 6) is 1.06. The molecular weight excluding hydrogens is 383 g/mol. The van der Waals surface area contributed by atoms with Crippen LogP contribution in [0, 0.1) is 17.3 Å². The van der Waals surface area contributed by atoms with Gasteiger partial charge in [0.1, 0.15) is 22.6 Å². The first-order valence-electron chi connectivity index (χ1n) is 8.95. The van der Waals surface area contributed by atoms with Crippen LogP contribution in [-0.2, 0) is 16.1 Å². The van der Waals surface area contributed by atoms with E-state index in [4.69, 9.17) is 32.7 Å². The molecule has 3 atom stereocenters. The summed E-state index contributed by atoms with van der Waals surface area (Å²) >= 11 is 11.6. The van der Waals surface area contributed by atoms with Crippen molar-refractivity contribution in [2.75, 3.05) is 0 Å². The molecule has 1 aliphatic rings. The van der Waals surface area contributed by atoms with Gasteiger partial charge in [0.15, 0.2) is 0 Å². The van der Waals surface area contributed by atoms with Gasteiger partial charge >= 0.3 is 5.97 Å². The van der Waals surface area contributed by atoms with Crippen LogP contribution >= 0.6 is 23.2 Å². The summed E-state index contributed by atoms with van der Waals surface area (Å²) in [5, 5.41) is 0. The Morgan fingerprint density at radius 1 is 1.11 bits per heavy atom. The molecule has 3 unspecified atom stereocenters. The van der Waals surface area contributed by atoms with Crippen molar-refractivity contribution in [2.45, 2.75) is 26.9 Å². The molecule has 0 heterocycles. The largest absolute Gasteiger partial charge is 0.461 e. The highest BCUT2D eigenvalue weighted by Crippen LogP contribution is 2.62. The number of ether oxygens (including phenoxy) is 2. The molecule has 0 saturated heterocycles. The van der Waals surface area contributed by atoms with Gasteiger partial charge in [-0.1, -0.05) is 67.4 Å². The van der Waals surface area contributed by atoms with Crippen LogP contribution in [0.15, 0.2) is 65.2 Å². The second kappa shape index (κ2) is 8.37. The first-order valence-corrected chi connectivity index (χ1v) is 9.71. The minimum atomic E-state index is -0.218. The molecule has 1 fully saturated rings. The molecule has 0 N–H and O–H groups in total. The highest BCUT2D eigenvalue weighted by Gasteiger charge is 2.63. The zero-order chi connectivity index (χ0) is 19.4. The number of rotatable bonds is 7. The summed E-state index contributed by atoms with van der Waals surface area (Å²) in [4.78, 5) is 12.6. The van der Waals surface area contributed by atoms with Crippen LogP contribution in [0.4, 0.5) is 0 Å². The van der Waals surface area contributed by atoms with Gasteiger partial charge in [-0.15, -0.1) is 0 Å². The molecule has 3 nitrogen and oxygen atoms in total. The molecule has 0 spiro atoms. The van der Waals surface area contributed by atoms with Gasteiger partial charge in [-0.2, -0.15) is 0 Å². The number of carbonyl (C=O) groups is 1. The van der Waals surface area contributed by atoms with E-state index in [0.717, 1.165) is 17.7 Å². The Labute approximate surface area is 169 Å². The van der Waals surface area contributed by atoms with E-state index in [-0.39, 0.29) is 34.3 Å². The van der Waals surface area contributed by atoms with Gasteiger partial charge in [-0.05, 0) is 53.7 Å². The Hall–Kier alpha value is -1.97. The van der Waals surface area contributed by atoms with Crippen LogP contribution in [-0.4, -0.2) is 5.97 Å². The Balaban J connectivity index is 1.61. The third-order valence-corrected chi connectivity index (χ3v) is 5.55. The van der Waals surface area contributed by atoms with Gasteiger partial charge < -0.3 is 9.47 Å². The minimum absolute atomic E-state index is 0.0211. The van der Waals surface area contributed by atoms with Crippen LogP contribution in [0.1, 0.15) is 25.8 Å². The minimum Gasteiger partial charge on any atom is -0.461 e. The molecule has 2 aromatic rings. The van der Waals surface area contributed by atoms with E-state index in [1.54, 1.807) is 6.08 Å². The van der Waals surface area contributed by atoms with Crippen LogP contribution in [0.2, 0.25) is 0 Å². The molecule has 0 amide bonds. The van der Waals surface area contributed by atoms with Crippen molar-refractivity contribution in [3.63, 3.8) is 0 Å². The molecule has 1 saturated carbocycles. The SMILES string of the molecule is CCC1(C)C(C=C(Cl)Cl)C1C(=O)OCc1cccc(Oc2ccccc2)c1. The van der Waals surface area contributed by atoms with Gasteiger partial charge in [0.2, 0.25) is 0 Å². The maximum Gasteiger partial charge on any atom is 0.310 e. The number of carbonyl (C=O) groups excluding carboxylic acids is 1. The van der Waals surface area contributed by atoms with E-state index >= 15 is 0 Å². The van der Waals surface area contributed by atoms with Gasteiger partial charge in [-0.3, -0.25) is 4.79 Å². The van der Waals surface area contributed by atoms with Crippen LogP contribution in [0.3, 0.4) is 0 Å². The Morgan fingerprint density at radius 2 is 1.81 bits per heavy atom. The zero-order valence-electron chi connectivity index (χ0n) is 15.3. The van der Waals surface area contributed by atoms with Crippen molar-refractivity contribution in [1.29, 1.82) is 0 Å². The Kier molecular flexibility index (Phi) is 6.13. The summed E-state index contributed by atoms with van der Waals surface area (Å²) in [6, 6.07) is 17.1. The van der Waals surface area contributed by atoms with E-state index in [9.17, 15) is 4.79 Å². The normalized spacial score (nSPS) is 23.4. The first kappa shape index (κ1) is 19.8. The number of hydrogen-bond acceptors (Lipinski definition) is 3. The highest BCUT2D eigenvalue weighted by atomic mass is 35.5. The van der Waals surface area contributed by atoms with Gasteiger partial charge in [0.05, 0.1) is 5.92 Å². The number of halogens is 2. The summed E-state index contributed by atoms with van der Waals surface area (Å²) in [6.07, 6.45) is 2.60. The predicted octanol–water partition coefficient (Wildman–Crippen LogP) is 6.50. The third kappa shape index (κ3) is 4.66. The van der Waals surface area contributed by atoms with E-state index in [1.165, 1.54) is 0 Å². The second-order valence-corrected chi connectivity index (χ2v) is 8.00. The monoisotopic (exact) mass is 404 g/mol. The van der Waals surface area contributed by atoms with E-state index in [2.05, 4.69) is 13.8 Å². The van der Waals surface area contributed by atoms with Crippen LogP contribution < -0.4 is 4.74 Å². The lowest BCUT2D eigenvalue weighted by Gasteiger charge is -2.10. The fraction of sp³-hybridized carbons (Fsp3) is 0.318. The van der Waals surface area contributed by atoms with Crippen molar-refractivity contribution in [3.05, 3.63) is 70.7 Å². The van der Waals surface area contributed by atoms with Crippen LogP contribution in [0.25, 0.3) is 0 Å². The highest BCUT2D eigenvalue weighted by molar-refractivity contribution is 6.55. The lowest BCUT2D eigenvalue weighted by Crippen LogP contribution is -2.11. The maximum atomic E-state index is 12.6.